The third-order valence-corrected chi connectivity index (χ3v) is 2.91. The van der Waals surface area contributed by atoms with Gasteiger partial charge in [-0.1, -0.05) is 6.07 Å². The first kappa shape index (κ1) is 9.46. The molecule has 1 aromatic rings. The van der Waals surface area contributed by atoms with Gasteiger partial charge in [-0.2, -0.15) is 0 Å². The lowest BCUT2D eigenvalue weighted by Gasteiger charge is -2.26. The highest BCUT2D eigenvalue weighted by molar-refractivity contribution is 4.96. The number of hydrogen-bond donors (Lipinski definition) is 1. The zero-order valence-electron chi connectivity index (χ0n) is 8.10. The Kier molecular flexibility index (Phi) is 2.68. The molecule has 0 amide bonds. The average Bonchev–Trinajstić information content (AvgIpc) is 2.20. The highest BCUT2D eigenvalue weighted by atomic mass is 16.3. The van der Waals surface area contributed by atoms with Crippen molar-refractivity contribution in [3.63, 3.8) is 0 Å². The van der Waals surface area contributed by atoms with Gasteiger partial charge in [0.1, 0.15) is 0 Å². The second-order valence-corrected chi connectivity index (χ2v) is 3.91. The Hall–Kier alpha value is -1.09. The first-order chi connectivity index (χ1) is 6.77. The molecule has 3 heteroatoms. The summed E-state index contributed by atoms with van der Waals surface area (Å²) in [7, 11) is 0. The number of hydrogen-bond acceptors (Lipinski definition) is 2. The number of rotatable bonds is 1. The van der Waals surface area contributed by atoms with Crippen LogP contribution in [-0.2, 0) is 0 Å². The van der Waals surface area contributed by atoms with Gasteiger partial charge >= 0.3 is 0 Å². The van der Waals surface area contributed by atoms with Crippen molar-refractivity contribution >= 4 is 0 Å². The normalized spacial score (nSPS) is 27.5. The molecule has 1 aliphatic rings. The third-order valence-electron chi connectivity index (χ3n) is 2.91. The van der Waals surface area contributed by atoms with E-state index < -0.39 is 0 Å². The van der Waals surface area contributed by atoms with E-state index in [-0.39, 0.29) is 17.7 Å². The Morgan fingerprint density at radius 2 is 1.93 bits per heavy atom. The molecule has 3 nitrogen and oxygen atoms in total. The minimum Gasteiger partial charge on any atom is -0.393 e. The van der Waals surface area contributed by atoms with Gasteiger partial charge < -0.3 is 9.67 Å². The van der Waals surface area contributed by atoms with Crippen LogP contribution in [0.25, 0.3) is 0 Å². The van der Waals surface area contributed by atoms with E-state index in [4.69, 9.17) is 0 Å². The van der Waals surface area contributed by atoms with Gasteiger partial charge in [-0.25, -0.2) is 0 Å². The first-order valence-corrected chi connectivity index (χ1v) is 5.12. The molecule has 1 aromatic heterocycles. The SMILES string of the molecule is O=c1ccccn1C1CCC(O)CC1. The largest absolute Gasteiger partial charge is 0.393 e. The van der Waals surface area contributed by atoms with E-state index in [9.17, 15) is 9.90 Å². The topological polar surface area (TPSA) is 42.2 Å². The molecular formula is C11H15NO2. The summed E-state index contributed by atoms with van der Waals surface area (Å²) in [5, 5.41) is 9.36. The van der Waals surface area contributed by atoms with Gasteiger partial charge in [0.05, 0.1) is 6.10 Å². The molecule has 0 aromatic carbocycles. The number of aromatic nitrogens is 1. The van der Waals surface area contributed by atoms with Crippen molar-refractivity contribution in [2.45, 2.75) is 37.8 Å². The lowest BCUT2D eigenvalue weighted by atomic mass is 9.93. The number of nitrogens with zero attached hydrogens (tertiary/aromatic N) is 1. The van der Waals surface area contributed by atoms with Crippen LogP contribution in [0.1, 0.15) is 31.7 Å². The smallest absolute Gasteiger partial charge is 0.250 e. The standard InChI is InChI=1S/C11H15NO2/c13-10-6-4-9(5-7-10)12-8-2-1-3-11(12)14/h1-3,8-10,13H,4-7H2. The Balaban J connectivity index is 2.16. The molecule has 14 heavy (non-hydrogen) atoms. The second kappa shape index (κ2) is 3.96. The van der Waals surface area contributed by atoms with Crippen molar-refractivity contribution in [2.24, 2.45) is 0 Å². The second-order valence-electron chi connectivity index (χ2n) is 3.91. The maximum atomic E-state index is 11.5. The van der Waals surface area contributed by atoms with Crippen LogP contribution in [0.2, 0.25) is 0 Å². The van der Waals surface area contributed by atoms with Crippen molar-refractivity contribution in [3.8, 4) is 0 Å². The van der Waals surface area contributed by atoms with Gasteiger partial charge in [-0.15, -0.1) is 0 Å². The van der Waals surface area contributed by atoms with Crippen LogP contribution in [0, 0.1) is 0 Å². The predicted octanol–water partition coefficient (Wildman–Crippen LogP) is 1.32. The maximum absolute atomic E-state index is 11.5. The molecule has 76 valence electrons. The van der Waals surface area contributed by atoms with Crippen molar-refractivity contribution in [1.29, 1.82) is 0 Å². The van der Waals surface area contributed by atoms with E-state index in [0.717, 1.165) is 25.7 Å². The van der Waals surface area contributed by atoms with E-state index in [0.29, 0.717) is 0 Å². The Morgan fingerprint density at radius 3 is 2.57 bits per heavy atom. The van der Waals surface area contributed by atoms with Crippen LogP contribution in [-0.4, -0.2) is 15.8 Å². The van der Waals surface area contributed by atoms with Gasteiger partial charge in [0.15, 0.2) is 0 Å². The summed E-state index contributed by atoms with van der Waals surface area (Å²) in [6.45, 7) is 0. The highest BCUT2D eigenvalue weighted by Crippen LogP contribution is 2.26. The van der Waals surface area contributed by atoms with E-state index in [2.05, 4.69) is 0 Å². The van der Waals surface area contributed by atoms with Gasteiger partial charge in [0.2, 0.25) is 0 Å². The molecule has 0 saturated heterocycles. The number of pyridine rings is 1. The molecular weight excluding hydrogens is 178 g/mol. The molecule has 1 heterocycles. The van der Waals surface area contributed by atoms with Crippen LogP contribution in [0.5, 0.6) is 0 Å². The fourth-order valence-electron chi connectivity index (χ4n) is 2.08. The van der Waals surface area contributed by atoms with Crippen molar-refractivity contribution in [2.75, 3.05) is 0 Å². The number of aliphatic hydroxyl groups is 1. The van der Waals surface area contributed by atoms with Gasteiger partial charge in [-0.05, 0) is 31.7 Å². The lowest BCUT2D eigenvalue weighted by molar-refractivity contribution is 0.110. The summed E-state index contributed by atoms with van der Waals surface area (Å²) < 4.78 is 1.78. The molecule has 0 radical (unpaired) electrons. The molecule has 0 unspecified atom stereocenters. The molecule has 1 N–H and O–H groups in total. The van der Waals surface area contributed by atoms with Gasteiger partial charge in [0.25, 0.3) is 5.56 Å². The molecule has 0 aliphatic heterocycles. The highest BCUT2D eigenvalue weighted by Gasteiger charge is 2.20. The fraction of sp³-hybridized carbons (Fsp3) is 0.545. The number of aliphatic hydroxyl groups excluding tert-OH is 1. The minimum atomic E-state index is -0.161. The average molecular weight is 193 g/mol. The summed E-state index contributed by atoms with van der Waals surface area (Å²) in [6, 6.07) is 5.51. The van der Waals surface area contributed by atoms with Crippen LogP contribution in [0.4, 0.5) is 0 Å². The molecule has 1 fully saturated rings. The molecule has 1 saturated carbocycles. The lowest BCUT2D eigenvalue weighted by Crippen LogP contribution is -2.28. The van der Waals surface area contributed by atoms with E-state index in [1.54, 1.807) is 16.7 Å². The summed E-state index contributed by atoms with van der Waals surface area (Å²) in [4.78, 5) is 11.5. The summed E-state index contributed by atoms with van der Waals surface area (Å²) in [5.41, 5.74) is 0.0638. The van der Waals surface area contributed by atoms with Crippen molar-refractivity contribution in [1.82, 2.24) is 4.57 Å². The van der Waals surface area contributed by atoms with Crippen LogP contribution in [0.15, 0.2) is 29.2 Å². The van der Waals surface area contributed by atoms with Crippen molar-refractivity contribution in [3.05, 3.63) is 34.7 Å². The zero-order valence-corrected chi connectivity index (χ0v) is 8.10. The van der Waals surface area contributed by atoms with Gasteiger partial charge in [-0.3, -0.25) is 4.79 Å². The van der Waals surface area contributed by atoms with Crippen LogP contribution in [0.3, 0.4) is 0 Å². The zero-order chi connectivity index (χ0) is 9.97. The fourth-order valence-corrected chi connectivity index (χ4v) is 2.08. The van der Waals surface area contributed by atoms with E-state index in [1.165, 1.54) is 0 Å². The summed E-state index contributed by atoms with van der Waals surface area (Å²) in [6.07, 6.45) is 5.12. The summed E-state index contributed by atoms with van der Waals surface area (Å²) >= 11 is 0. The van der Waals surface area contributed by atoms with E-state index >= 15 is 0 Å². The molecule has 0 spiro atoms. The van der Waals surface area contributed by atoms with Crippen LogP contribution < -0.4 is 5.56 Å². The molecule has 0 atom stereocenters. The Labute approximate surface area is 83.0 Å². The minimum absolute atomic E-state index is 0.0638. The Morgan fingerprint density at radius 1 is 1.21 bits per heavy atom. The third kappa shape index (κ3) is 1.87. The maximum Gasteiger partial charge on any atom is 0.250 e. The van der Waals surface area contributed by atoms with Crippen molar-refractivity contribution < 1.29 is 5.11 Å². The van der Waals surface area contributed by atoms with Crippen LogP contribution >= 0.6 is 0 Å². The quantitative estimate of drug-likeness (QED) is 0.731. The Bertz CT molecular complexity index is 350. The van der Waals surface area contributed by atoms with Gasteiger partial charge in [0, 0.05) is 18.3 Å². The monoisotopic (exact) mass is 193 g/mol. The molecule has 2 rings (SSSR count). The molecule has 0 bridgehead atoms. The summed E-state index contributed by atoms with van der Waals surface area (Å²) in [5.74, 6) is 0. The molecule has 1 aliphatic carbocycles. The predicted molar refractivity (Wildman–Crippen MR) is 54.2 cm³/mol. The first-order valence-electron chi connectivity index (χ1n) is 5.12. The van der Waals surface area contributed by atoms with E-state index in [1.807, 2.05) is 12.3 Å².